The second kappa shape index (κ2) is 8.69. The molecule has 0 saturated heterocycles. The van der Waals surface area contributed by atoms with Gasteiger partial charge in [0, 0.05) is 23.7 Å². The van der Waals surface area contributed by atoms with Crippen LogP contribution in [0.2, 0.25) is 0 Å². The highest BCUT2D eigenvalue weighted by Gasteiger charge is 2.18. The van der Waals surface area contributed by atoms with E-state index in [1.54, 1.807) is 13.3 Å². The van der Waals surface area contributed by atoms with Gasteiger partial charge in [0.05, 0.1) is 30.7 Å². The number of aromatic nitrogens is 2. The maximum atomic E-state index is 12.7. The number of hydrogen-bond donors (Lipinski definition) is 1. The molecule has 3 rings (SSSR count). The van der Waals surface area contributed by atoms with Gasteiger partial charge in [0.25, 0.3) is 0 Å². The summed E-state index contributed by atoms with van der Waals surface area (Å²) >= 11 is 0. The Bertz CT molecular complexity index is 984. The number of carbonyl (C=O) groups excluding carboxylic acids is 1. The van der Waals surface area contributed by atoms with E-state index in [0.29, 0.717) is 35.7 Å². The molecule has 0 spiro atoms. The SMILES string of the molecule is CCCC(=O)c1cnc2nc(C)c(OCC)cc2c1Nc1ccc(OC)cc1. The number of carbonyl (C=O) groups is 1. The van der Waals surface area contributed by atoms with E-state index >= 15 is 0 Å². The van der Waals surface area contributed by atoms with E-state index in [9.17, 15) is 4.79 Å². The number of methoxy groups -OCH3 is 1. The van der Waals surface area contributed by atoms with Crippen molar-refractivity contribution < 1.29 is 14.3 Å². The number of ether oxygens (including phenoxy) is 2. The monoisotopic (exact) mass is 379 g/mol. The Balaban J connectivity index is 2.16. The van der Waals surface area contributed by atoms with Gasteiger partial charge in [0.15, 0.2) is 11.4 Å². The van der Waals surface area contributed by atoms with Crippen LogP contribution in [-0.4, -0.2) is 29.5 Å². The first-order valence-electron chi connectivity index (χ1n) is 9.44. The Morgan fingerprint density at radius 2 is 1.93 bits per heavy atom. The number of hydrogen-bond acceptors (Lipinski definition) is 6. The molecule has 0 saturated carbocycles. The molecule has 0 radical (unpaired) electrons. The number of anilines is 2. The van der Waals surface area contributed by atoms with Crippen LogP contribution in [0.3, 0.4) is 0 Å². The third-order valence-electron chi connectivity index (χ3n) is 4.44. The lowest BCUT2D eigenvalue weighted by Crippen LogP contribution is -2.07. The molecule has 28 heavy (non-hydrogen) atoms. The molecule has 3 aromatic rings. The molecule has 6 heteroatoms. The van der Waals surface area contributed by atoms with E-state index < -0.39 is 0 Å². The van der Waals surface area contributed by atoms with Crippen LogP contribution in [0.15, 0.2) is 36.5 Å². The molecule has 6 nitrogen and oxygen atoms in total. The lowest BCUT2D eigenvalue weighted by molar-refractivity contribution is 0.0982. The topological polar surface area (TPSA) is 73.3 Å². The third kappa shape index (κ3) is 4.06. The summed E-state index contributed by atoms with van der Waals surface area (Å²) < 4.78 is 10.9. The van der Waals surface area contributed by atoms with Gasteiger partial charge in [-0.1, -0.05) is 6.92 Å². The summed E-state index contributed by atoms with van der Waals surface area (Å²) in [5, 5.41) is 4.14. The van der Waals surface area contributed by atoms with Gasteiger partial charge >= 0.3 is 0 Å². The fraction of sp³-hybridized carbons (Fsp3) is 0.318. The van der Waals surface area contributed by atoms with Crippen LogP contribution in [0.1, 0.15) is 42.7 Å². The number of benzene rings is 1. The largest absolute Gasteiger partial charge is 0.497 e. The molecule has 146 valence electrons. The van der Waals surface area contributed by atoms with Gasteiger partial charge in [0.1, 0.15) is 11.5 Å². The second-order valence-electron chi connectivity index (χ2n) is 6.45. The summed E-state index contributed by atoms with van der Waals surface area (Å²) in [6.45, 7) is 6.34. The first-order valence-corrected chi connectivity index (χ1v) is 9.44. The Hall–Kier alpha value is -3.15. The van der Waals surface area contributed by atoms with Gasteiger partial charge in [-0.25, -0.2) is 9.97 Å². The van der Waals surface area contributed by atoms with Crippen molar-refractivity contribution in [2.45, 2.75) is 33.6 Å². The maximum Gasteiger partial charge on any atom is 0.166 e. The van der Waals surface area contributed by atoms with E-state index in [1.807, 2.05) is 51.1 Å². The molecule has 0 atom stereocenters. The molecular weight excluding hydrogens is 354 g/mol. The van der Waals surface area contributed by atoms with E-state index in [2.05, 4.69) is 15.3 Å². The summed E-state index contributed by atoms with van der Waals surface area (Å²) in [7, 11) is 1.63. The quantitative estimate of drug-likeness (QED) is 0.551. The van der Waals surface area contributed by atoms with Crippen LogP contribution in [0.25, 0.3) is 11.0 Å². The summed E-state index contributed by atoms with van der Waals surface area (Å²) in [6, 6.07) is 9.46. The van der Waals surface area contributed by atoms with E-state index in [1.165, 1.54) is 0 Å². The number of ketones is 1. The normalized spacial score (nSPS) is 10.7. The highest BCUT2D eigenvalue weighted by molar-refractivity contribution is 6.08. The number of Topliss-reactive ketones (excluding diaryl/α,β-unsaturated/α-hetero) is 1. The van der Waals surface area contributed by atoms with E-state index in [-0.39, 0.29) is 5.78 Å². The fourth-order valence-electron chi connectivity index (χ4n) is 3.02. The highest BCUT2D eigenvalue weighted by atomic mass is 16.5. The van der Waals surface area contributed by atoms with Gasteiger partial charge < -0.3 is 14.8 Å². The second-order valence-corrected chi connectivity index (χ2v) is 6.45. The van der Waals surface area contributed by atoms with Gasteiger partial charge in [0.2, 0.25) is 0 Å². The third-order valence-corrected chi connectivity index (χ3v) is 4.44. The summed E-state index contributed by atoms with van der Waals surface area (Å²) in [5.41, 5.74) is 3.44. The van der Waals surface area contributed by atoms with Crippen LogP contribution < -0.4 is 14.8 Å². The number of rotatable bonds is 8. The van der Waals surface area contributed by atoms with Crippen LogP contribution >= 0.6 is 0 Å². The average molecular weight is 379 g/mol. The van der Waals surface area contributed by atoms with Crippen molar-refractivity contribution in [3.05, 3.63) is 47.8 Å². The molecule has 0 bridgehead atoms. The first kappa shape index (κ1) is 19.6. The van der Waals surface area contributed by atoms with E-state index in [4.69, 9.17) is 9.47 Å². The number of fused-ring (bicyclic) bond motifs is 1. The molecule has 0 aliphatic rings. The maximum absolute atomic E-state index is 12.7. The Kier molecular flexibility index (Phi) is 6.09. The van der Waals surface area contributed by atoms with Crippen molar-refractivity contribution in [3.63, 3.8) is 0 Å². The van der Waals surface area contributed by atoms with Crippen molar-refractivity contribution in [1.29, 1.82) is 0 Å². The summed E-state index contributed by atoms with van der Waals surface area (Å²) in [4.78, 5) is 21.7. The molecule has 0 fully saturated rings. The van der Waals surface area contributed by atoms with Gasteiger partial charge in [-0.3, -0.25) is 4.79 Å². The molecular formula is C22H25N3O3. The molecule has 0 unspecified atom stereocenters. The van der Waals surface area contributed by atoms with E-state index in [0.717, 1.165) is 28.9 Å². The fourth-order valence-corrected chi connectivity index (χ4v) is 3.02. The van der Waals surface area contributed by atoms with Gasteiger partial charge in [-0.15, -0.1) is 0 Å². The standard InChI is InChI=1S/C22H25N3O3/c1-5-7-19(26)18-13-23-22-17(12-20(28-6-2)14(3)24-22)21(18)25-15-8-10-16(27-4)11-9-15/h8-13H,5-7H2,1-4H3,(H,23,24,25). The minimum Gasteiger partial charge on any atom is -0.497 e. The summed E-state index contributed by atoms with van der Waals surface area (Å²) in [6.07, 6.45) is 2.84. The number of nitrogens with one attached hydrogen (secondary N) is 1. The number of pyridine rings is 2. The molecule has 0 aliphatic carbocycles. The molecule has 1 aromatic carbocycles. The minimum atomic E-state index is 0.0476. The highest BCUT2D eigenvalue weighted by Crippen LogP contribution is 2.33. The van der Waals surface area contributed by atoms with Crippen LogP contribution in [0.4, 0.5) is 11.4 Å². The molecule has 2 heterocycles. The Morgan fingerprint density at radius 3 is 2.57 bits per heavy atom. The molecule has 1 N–H and O–H groups in total. The zero-order valence-corrected chi connectivity index (χ0v) is 16.7. The van der Waals surface area contributed by atoms with Crippen molar-refractivity contribution in [2.75, 3.05) is 19.0 Å². The minimum absolute atomic E-state index is 0.0476. The van der Waals surface area contributed by atoms with Gasteiger partial charge in [-0.05, 0) is 50.6 Å². The first-order chi connectivity index (χ1) is 13.6. The lowest BCUT2D eigenvalue weighted by Gasteiger charge is -2.16. The van der Waals surface area contributed by atoms with Crippen molar-refractivity contribution >= 4 is 28.2 Å². The van der Waals surface area contributed by atoms with Crippen molar-refractivity contribution in [2.24, 2.45) is 0 Å². The number of nitrogens with zero attached hydrogens (tertiary/aromatic N) is 2. The van der Waals surface area contributed by atoms with Crippen molar-refractivity contribution in [1.82, 2.24) is 9.97 Å². The number of aryl methyl sites for hydroxylation is 1. The molecule has 0 amide bonds. The Morgan fingerprint density at radius 1 is 1.18 bits per heavy atom. The Labute approximate surface area is 164 Å². The van der Waals surface area contributed by atoms with Gasteiger partial charge in [-0.2, -0.15) is 0 Å². The molecule has 0 aliphatic heterocycles. The van der Waals surface area contributed by atoms with Crippen LogP contribution in [0, 0.1) is 6.92 Å². The van der Waals surface area contributed by atoms with Crippen LogP contribution in [0.5, 0.6) is 11.5 Å². The zero-order chi connectivity index (χ0) is 20.1. The lowest BCUT2D eigenvalue weighted by atomic mass is 10.0. The average Bonchev–Trinajstić information content (AvgIpc) is 2.70. The van der Waals surface area contributed by atoms with Crippen LogP contribution in [-0.2, 0) is 0 Å². The predicted octanol–water partition coefficient (Wildman–Crippen LogP) is 5.07. The summed E-state index contributed by atoms with van der Waals surface area (Å²) in [5.74, 6) is 1.50. The zero-order valence-electron chi connectivity index (χ0n) is 16.7. The smallest absolute Gasteiger partial charge is 0.166 e. The molecule has 2 aromatic heterocycles. The predicted molar refractivity (Wildman–Crippen MR) is 111 cm³/mol. The van der Waals surface area contributed by atoms with Crippen molar-refractivity contribution in [3.8, 4) is 11.5 Å².